The number of nitrogens with zero attached hydrogens (tertiary/aromatic N) is 4. The number of aryl methyl sites for hydroxylation is 1. The van der Waals surface area contributed by atoms with Crippen LogP contribution < -0.4 is 0 Å². The fraction of sp³-hybridized carbons (Fsp3) is 0.688. The summed E-state index contributed by atoms with van der Waals surface area (Å²) in [6.07, 6.45) is 3.32. The van der Waals surface area contributed by atoms with Gasteiger partial charge in [-0.1, -0.05) is 0 Å². The van der Waals surface area contributed by atoms with Crippen LogP contribution in [-0.4, -0.2) is 58.2 Å². The second kappa shape index (κ2) is 6.29. The molecule has 2 fully saturated rings. The van der Waals surface area contributed by atoms with Gasteiger partial charge in [0, 0.05) is 39.8 Å². The summed E-state index contributed by atoms with van der Waals surface area (Å²) in [5, 5.41) is 4.16. The second-order valence-corrected chi connectivity index (χ2v) is 6.56. The molecule has 0 saturated carbocycles. The predicted molar refractivity (Wildman–Crippen MR) is 82.1 cm³/mol. The van der Waals surface area contributed by atoms with Crippen molar-refractivity contribution in [2.45, 2.75) is 25.3 Å². The molecule has 3 rings (SSSR count). The van der Waals surface area contributed by atoms with Crippen LogP contribution in [0.1, 0.15) is 31.0 Å². The minimum Gasteiger partial charge on any atom is -0.342 e. The molecule has 1 aromatic heterocycles. The molecule has 0 spiro atoms. The smallest absolute Gasteiger partial charge is 0.228 e. The van der Waals surface area contributed by atoms with Crippen LogP contribution in [0.5, 0.6) is 0 Å². The Kier molecular flexibility index (Phi) is 4.37. The highest BCUT2D eigenvalue weighted by Gasteiger charge is 2.45. The second-order valence-electron chi connectivity index (χ2n) is 6.56. The summed E-state index contributed by atoms with van der Waals surface area (Å²) in [6, 6.07) is 1.58. The lowest BCUT2D eigenvalue weighted by atomic mass is 9.93. The van der Waals surface area contributed by atoms with Crippen molar-refractivity contribution in [1.82, 2.24) is 19.6 Å². The highest BCUT2D eigenvalue weighted by atomic mass is 19.1. The van der Waals surface area contributed by atoms with Crippen LogP contribution in [0.25, 0.3) is 0 Å². The van der Waals surface area contributed by atoms with Crippen molar-refractivity contribution in [3.8, 4) is 0 Å². The Morgan fingerprint density at radius 1 is 1.35 bits per heavy atom. The van der Waals surface area contributed by atoms with Crippen molar-refractivity contribution >= 4 is 11.8 Å². The zero-order valence-electron chi connectivity index (χ0n) is 13.6. The van der Waals surface area contributed by atoms with E-state index in [1.54, 1.807) is 27.7 Å². The Hall–Kier alpha value is -1.92. The molecule has 2 amide bonds. The van der Waals surface area contributed by atoms with Gasteiger partial charge in [0.25, 0.3) is 0 Å². The molecular weight excluding hydrogens is 299 g/mol. The lowest BCUT2D eigenvalue weighted by molar-refractivity contribution is -0.138. The molecule has 0 aromatic carbocycles. The lowest BCUT2D eigenvalue weighted by Crippen LogP contribution is -2.43. The van der Waals surface area contributed by atoms with Crippen LogP contribution in [0.2, 0.25) is 0 Å². The lowest BCUT2D eigenvalue weighted by Gasteiger charge is -2.34. The normalized spacial score (nSPS) is 26.1. The van der Waals surface area contributed by atoms with Gasteiger partial charge in [-0.05, 0) is 24.8 Å². The molecule has 1 aromatic rings. The molecule has 2 aliphatic rings. The molecule has 0 bridgehead atoms. The van der Waals surface area contributed by atoms with E-state index in [0.717, 1.165) is 5.69 Å². The summed E-state index contributed by atoms with van der Waals surface area (Å²) in [5.74, 6) is -0.330. The average molecular weight is 322 g/mol. The van der Waals surface area contributed by atoms with E-state index < -0.39 is 0 Å². The molecule has 2 saturated heterocycles. The summed E-state index contributed by atoms with van der Waals surface area (Å²) in [6.45, 7) is 0.851. The topological polar surface area (TPSA) is 58.4 Å². The zero-order chi connectivity index (χ0) is 16.6. The number of alkyl halides is 1. The average Bonchev–Trinajstić information content (AvgIpc) is 3.10. The molecule has 3 heterocycles. The van der Waals surface area contributed by atoms with Gasteiger partial charge in [0.15, 0.2) is 0 Å². The molecule has 7 heteroatoms. The van der Waals surface area contributed by atoms with Crippen molar-refractivity contribution in [3.05, 3.63) is 18.0 Å². The van der Waals surface area contributed by atoms with E-state index in [-0.39, 0.29) is 42.8 Å². The van der Waals surface area contributed by atoms with Crippen molar-refractivity contribution in [1.29, 1.82) is 0 Å². The molecule has 23 heavy (non-hydrogen) atoms. The van der Waals surface area contributed by atoms with E-state index in [0.29, 0.717) is 25.9 Å². The number of hydrogen-bond acceptors (Lipinski definition) is 3. The quantitative estimate of drug-likeness (QED) is 0.839. The van der Waals surface area contributed by atoms with Gasteiger partial charge in [0.1, 0.15) is 0 Å². The van der Waals surface area contributed by atoms with E-state index in [4.69, 9.17) is 0 Å². The van der Waals surface area contributed by atoms with E-state index >= 15 is 0 Å². The molecule has 0 radical (unpaired) electrons. The third kappa shape index (κ3) is 2.84. The number of piperidine rings is 1. The van der Waals surface area contributed by atoms with Crippen molar-refractivity contribution in [3.63, 3.8) is 0 Å². The van der Waals surface area contributed by atoms with Gasteiger partial charge < -0.3 is 9.80 Å². The molecule has 6 nitrogen and oxygen atoms in total. The minimum absolute atomic E-state index is 0.00575. The first-order valence-electron chi connectivity index (χ1n) is 8.11. The maximum absolute atomic E-state index is 12.9. The first-order chi connectivity index (χ1) is 11.0. The van der Waals surface area contributed by atoms with Crippen LogP contribution in [0, 0.1) is 11.8 Å². The SMILES string of the molecule is CN1C(=O)CC(C(=O)N2CCC(CF)CC2)C1c1ccnn1C. The van der Waals surface area contributed by atoms with E-state index in [9.17, 15) is 14.0 Å². The fourth-order valence-electron chi connectivity index (χ4n) is 3.71. The first-order valence-corrected chi connectivity index (χ1v) is 8.11. The first kappa shape index (κ1) is 16.0. The number of likely N-dealkylation sites (tertiary alicyclic amines) is 2. The van der Waals surface area contributed by atoms with Crippen molar-refractivity contribution in [2.24, 2.45) is 18.9 Å². The number of rotatable bonds is 3. The molecule has 2 aliphatic heterocycles. The summed E-state index contributed by atoms with van der Waals surface area (Å²) >= 11 is 0. The fourth-order valence-corrected chi connectivity index (χ4v) is 3.71. The van der Waals surface area contributed by atoms with Crippen LogP contribution in [0.15, 0.2) is 12.3 Å². The number of amides is 2. The maximum Gasteiger partial charge on any atom is 0.228 e. The minimum atomic E-state index is -0.384. The van der Waals surface area contributed by atoms with E-state index in [2.05, 4.69) is 5.10 Å². The van der Waals surface area contributed by atoms with Crippen molar-refractivity contribution in [2.75, 3.05) is 26.8 Å². The van der Waals surface area contributed by atoms with Gasteiger partial charge in [0.05, 0.1) is 24.3 Å². The van der Waals surface area contributed by atoms with Crippen LogP contribution in [-0.2, 0) is 16.6 Å². The Bertz CT molecular complexity index is 595. The number of carbonyl (C=O) groups is 2. The van der Waals surface area contributed by atoms with Crippen LogP contribution >= 0.6 is 0 Å². The Morgan fingerprint density at radius 3 is 2.61 bits per heavy atom. The summed E-state index contributed by atoms with van der Waals surface area (Å²) < 4.78 is 14.5. The molecule has 2 atom stereocenters. The zero-order valence-corrected chi connectivity index (χ0v) is 13.6. The number of aromatic nitrogens is 2. The van der Waals surface area contributed by atoms with E-state index in [1.165, 1.54) is 0 Å². The highest BCUT2D eigenvalue weighted by molar-refractivity contribution is 5.90. The van der Waals surface area contributed by atoms with Gasteiger partial charge in [-0.25, -0.2) is 0 Å². The van der Waals surface area contributed by atoms with Gasteiger partial charge in [-0.15, -0.1) is 0 Å². The summed E-state index contributed by atoms with van der Waals surface area (Å²) in [7, 11) is 3.56. The monoisotopic (exact) mass is 322 g/mol. The van der Waals surface area contributed by atoms with Crippen LogP contribution in [0.3, 0.4) is 0 Å². The maximum atomic E-state index is 12.9. The molecule has 126 valence electrons. The Labute approximate surface area is 135 Å². The standard InChI is InChI=1S/C16H23FN4O2/c1-19-14(22)9-12(15(19)13-3-6-18-20(13)2)16(23)21-7-4-11(10-17)5-8-21/h3,6,11-12,15H,4-5,7-10H2,1-2H3. The third-order valence-electron chi connectivity index (χ3n) is 5.21. The largest absolute Gasteiger partial charge is 0.342 e. The Balaban J connectivity index is 1.79. The number of carbonyl (C=O) groups excluding carboxylic acids is 2. The number of hydrogen-bond donors (Lipinski definition) is 0. The molecular formula is C16H23FN4O2. The van der Waals surface area contributed by atoms with Gasteiger partial charge in [0.2, 0.25) is 11.8 Å². The Morgan fingerprint density at radius 2 is 2.04 bits per heavy atom. The van der Waals surface area contributed by atoms with Crippen molar-refractivity contribution < 1.29 is 14.0 Å². The highest BCUT2D eigenvalue weighted by Crippen LogP contribution is 2.38. The number of halogens is 1. The summed E-state index contributed by atoms with van der Waals surface area (Å²) in [4.78, 5) is 28.5. The van der Waals surface area contributed by atoms with Gasteiger partial charge in [-0.3, -0.25) is 18.7 Å². The van der Waals surface area contributed by atoms with Gasteiger partial charge >= 0.3 is 0 Å². The summed E-state index contributed by atoms with van der Waals surface area (Å²) in [5.41, 5.74) is 0.871. The predicted octanol–water partition coefficient (Wildman–Crippen LogP) is 1.15. The van der Waals surface area contributed by atoms with Gasteiger partial charge in [-0.2, -0.15) is 5.10 Å². The van der Waals surface area contributed by atoms with Crippen LogP contribution in [0.4, 0.5) is 4.39 Å². The molecule has 0 N–H and O–H groups in total. The molecule has 0 aliphatic carbocycles. The molecule has 2 unspecified atom stereocenters. The van der Waals surface area contributed by atoms with E-state index in [1.807, 2.05) is 13.1 Å². The third-order valence-corrected chi connectivity index (χ3v) is 5.21.